The summed E-state index contributed by atoms with van der Waals surface area (Å²) in [6.07, 6.45) is 4.67. The Balaban J connectivity index is 1.71. The highest BCUT2D eigenvalue weighted by atomic mass is 16.5. The quantitative estimate of drug-likeness (QED) is 0.712. The van der Waals surface area contributed by atoms with Crippen LogP contribution in [0.1, 0.15) is 24.0 Å². The zero-order chi connectivity index (χ0) is 13.4. The van der Waals surface area contributed by atoms with Gasteiger partial charge in [0.25, 0.3) is 0 Å². The van der Waals surface area contributed by atoms with E-state index < -0.39 is 0 Å². The Labute approximate surface area is 115 Å². The van der Waals surface area contributed by atoms with Crippen LogP contribution in [0, 0.1) is 0 Å². The summed E-state index contributed by atoms with van der Waals surface area (Å²) in [4.78, 5) is 0. The number of aryl methyl sites for hydroxylation is 1. The predicted molar refractivity (Wildman–Crippen MR) is 71.7 cm³/mol. The van der Waals surface area contributed by atoms with E-state index in [1.54, 1.807) is 12.1 Å². The average molecular weight is 267 g/mol. The topological polar surface area (TPSA) is 65.2 Å². The fourth-order valence-electron chi connectivity index (χ4n) is 2.64. The number of rotatable bonds is 2. The van der Waals surface area contributed by atoms with E-state index in [1.165, 1.54) is 28.6 Å². The van der Waals surface area contributed by atoms with Crippen molar-refractivity contribution in [2.24, 2.45) is 0 Å². The van der Waals surface area contributed by atoms with Crippen molar-refractivity contribution in [3.8, 4) is 11.6 Å². The van der Waals surface area contributed by atoms with Crippen molar-refractivity contribution in [3.05, 3.63) is 41.5 Å². The van der Waals surface area contributed by atoms with Crippen LogP contribution in [0.2, 0.25) is 0 Å². The highest BCUT2D eigenvalue weighted by Gasteiger charge is 2.14. The molecule has 4 rings (SSSR count). The van der Waals surface area contributed by atoms with Gasteiger partial charge in [0.2, 0.25) is 5.88 Å². The van der Waals surface area contributed by atoms with Crippen LogP contribution in [-0.4, -0.2) is 25.3 Å². The first-order valence-electron chi connectivity index (χ1n) is 6.74. The summed E-state index contributed by atoms with van der Waals surface area (Å²) in [6, 6.07) is 9.79. The number of nitrogens with zero attached hydrogens (tertiary/aromatic N) is 5. The lowest BCUT2D eigenvalue weighted by Crippen LogP contribution is -2.05. The van der Waals surface area contributed by atoms with E-state index in [4.69, 9.17) is 4.74 Å². The minimum absolute atomic E-state index is 0.503. The van der Waals surface area contributed by atoms with Gasteiger partial charge in [0.15, 0.2) is 5.65 Å². The molecule has 1 aliphatic rings. The third-order valence-corrected chi connectivity index (χ3v) is 3.61. The molecule has 2 heterocycles. The molecule has 100 valence electrons. The first-order valence-corrected chi connectivity index (χ1v) is 6.74. The molecule has 6 nitrogen and oxygen atoms in total. The van der Waals surface area contributed by atoms with Gasteiger partial charge < -0.3 is 4.74 Å². The third kappa shape index (κ3) is 1.89. The van der Waals surface area contributed by atoms with Gasteiger partial charge >= 0.3 is 0 Å². The molecule has 0 N–H and O–H groups in total. The molecule has 0 spiro atoms. The number of hydrogen-bond donors (Lipinski definition) is 0. The van der Waals surface area contributed by atoms with Crippen LogP contribution in [0.3, 0.4) is 0 Å². The lowest BCUT2D eigenvalue weighted by Gasteiger charge is -2.18. The number of fused-ring (bicyclic) bond motifs is 2. The van der Waals surface area contributed by atoms with Crippen molar-refractivity contribution >= 4 is 5.65 Å². The van der Waals surface area contributed by atoms with E-state index in [2.05, 4.69) is 26.7 Å². The molecular formula is C14H13N5O. The lowest BCUT2D eigenvalue weighted by atomic mass is 9.91. The van der Waals surface area contributed by atoms with E-state index in [0.29, 0.717) is 11.5 Å². The van der Waals surface area contributed by atoms with Crippen LogP contribution in [0.15, 0.2) is 30.3 Å². The van der Waals surface area contributed by atoms with Crippen molar-refractivity contribution in [3.63, 3.8) is 0 Å². The summed E-state index contributed by atoms with van der Waals surface area (Å²) in [7, 11) is 0. The molecule has 1 aliphatic carbocycles. The molecule has 20 heavy (non-hydrogen) atoms. The molecule has 0 aliphatic heterocycles. The maximum absolute atomic E-state index is 5.93. The highest BCUT2D eigenvalue weighted by molar-refractivity contribution is 5.44. The second-order valence-electron chi connectivity index (χ2n) is 4.90. The number of tetrazole rings is 1. The molecule has 0 amide bonds. The van der Waals surface area contributed by atoms with Gasteiger partial charge in [0.1, 0.15) is 5.75 Å². The molecule has 0 unspecified atom stereocenters. The Bertz CT molecular complexity index is 767. The Morgan fingerprint density at radius 1 is 1.05 bits per heavy atom. The van der Waals surface area contributed by atoms with E-state index >= 15 is 0 Å². The summed E-state index contributed by atoms with van der Waals surface area (Å²) >= 11 is 0. The van der Waals surface area contributed by atoms with Crippen LogP contribution < -0.4 is 4.74 Å². The van der Waals surface area contributed by atoms with Crippen molar-refractivity contribution in [1.82, 2.24) is 25.3 Å². The van der Waals surface area contributed by atoms with Crippen molar-refractivity contribution < 1.29 is 4.74 Å². The van der Waals surface area contributed by atoms with E-state index in [9.17, 15) is 0 Å². The lowest BCUT2D eigenvalue weighted by molar-refractivity contribution is 0.438. The summed E-state index contributed by atoms with van der Waals surface area (Å²) in [5.41, 5.74) is 3.29. The molecule has 0 fully saturated rings. The number of hydrogen-bond acceptors (Lipinski definition) is 5. The van der Waals surface area contributed by atoms with Gasteiger partial charge in [0.05, 0.1) is 0 Å². The van der Waals surface area contributed by atoms with E-state index in [0.717, 1.165) is 18.6 Å². The van der Waals surface area contributed by atoms with Gasteiger partial charge in [0, 0.05) is 6.07 Å². The Hall–Kier alpha value is -2.50. The largest absolute Gasteiger partial charge is 0.437 e. The molecule has 2 aromatic heterocycles. The molecule has 0 atom stereocenters. The third-order valence-electron chi connectivity index (χ3n) is 3.61. The SMILES string of the molecule is c1cc2c(c(Oc3ccc4nnnn4n3)c1)CCCC2. The van der Waals surface area contributed by atoms with Gasteiger partial charge in [-0.3, -0.25) is 0 Å². The molecule has 3 aromatic rings. The van der Waals surface area contributed by atoms with Crippen LogP contribution >= 0.6 is 0 Å². The Morgan fingerprint density at radius 3 is 3.00 bits per heavy atom. The van der Waals surface area contributed by atoms with Crippen LogP contribution in [0.5, 0.6) is 11.6 Å². The van der Waals surface area contributed by atoms with Crippen LogP contribution in [0.4, 0.5) is 0 Å². The molecule has 0 saturated heterocycles. The summed E-state index contributed by atoms with van der Waals surface area (Å²) in [5, 5.41) is 15.4. The van der Waals surface area contributed by atoms with Crippen molar-refractivity contribution in [1.29, 1.82) is 0 Å². The second kappa shape index (κ2) is 4.56. The van der Waals surface area contributed by atoms with Gasteiger partial charge in [-0.25, -0.2) is 0 Å². The predicted octanol–water partition coefficient (Wildman–Crippen LogP) is 2.19. The maximum atomic E-state index is 5.93. The van der Waals surface area contributed by atoms with Crippen LogP contribution in [0.25, 0.3) is 5.65 Å². The number of aromatic nitrogens is 5. The van der Waals surface area contributed by atoms with Gasteiger partial charge in [-0.1, -0.05) is 12.1 Å². The fraction of sp³-hybridized carbons (Fsp3) is 0.286. The molecule has 0 bridgehead atoms. The zero-order valence-corrected chi connectivity index (χ0v) is 10.9. The van der Waals surface area contributed by atoms with Gasteiger partial charge in [-0.15, -0.1) is 14.8 Å². The minimum Gasteiger partial charge on any atom is -0.437 e. The first-order chi connectivity index (χ1) is 9.90. The fourth-order valence-corrected chi connectivity index (χ4v) is 2.64. The first kappa shape index (κ1) is 11.3. The standard InChI is InChI=1S/C14H13N5O/c1-2-6-11-10(4-1)5-3-7-12(11)20-14-9-8-13-15-17-18-19(13)16-14/h3,5,7-9H,1-2,4,6H2. The minimum atomic E-state index is 0.503. The number of benzene rings is 1. The molecular weight excluding hydrogens is 254 g/mol. The summed E-state index contributed by atoms with van der Waals surface area (Å²) < 4.78 is 7.29. The van der Waals surface area contributed by atoms with Crippen LogP contribution in [-0.2, 0) is 12.8 Å². The van der Waals surface area contributed by atoms with Crippen molar-refractivity contribution in [2.45, 2.75) is 25.7 Å². The van der Waals surface area contributed by atoms with E-state index in [1.807, 2.05) is 12.1 Å². The Kier molecular flexibility index (Phi) is 2.58. The molecule has 0 radical (unpaired) electrons. The molecule has 0 saturated carbocycles. The number of ether oxygens (including phenoxy) is 1. The molecule has 6 heteroatoms. The smallest absolute Gasteiger partial charge is 0.239 e. The Morgan fingerprint density at radius 2 is 2.00 bits per heavy atom. The normalized spacial score (nSPS) is 14.2. The van der Waals surface area contributed by atoms with Gasteiger partial charge in [-0.05, 0) is 59.4 Å². The monoisotopic (exact) mass is 267 g/mol. The summed E-state index contributed by atoms with van der Waals surface area (Å²) in [6.45, 7) is 0. The molecule has 1 aromatic carbocycles. The maximum Gasteiger partial charge on any atom is 0.239 e. The summed E-state index contributed by atoms with van der Waals surface area (Å²) in [5.74, 6) is 1.39. The average Bonchev–Trinajstić information content (AvgIpc) is 2.95. The second-order valence-corrected chi connectivity index (χ2v) is 4.90. The van der Waals surface area contributed by atoms with E-state index in [-0.39, 0.29) is 0 Å². The van der Waals surface area contributed by atoms with Crippen molar-refractivity contribution in [2.75, 3.05) is 0 Å². The highest BCUT2D eigenvalue weighted by Crippen LogP contribution is 2.31. The van der Waals surface area contributed by atoms with Gasteiger partial charge in [-0.2, -0.15) is 0 Å². The zero-order valence-electron chi connectivity index (χ0n) is 10.9.